The highest BCUT2D eigenvalue weighted by molar-refractivity contribution is 6.33. The molecule has 0 aliphatic rings. The third kappa shape index (κ3) is 3.49. The van der Waals surface area contributed by atoms with Gasteiger partial charge in [0.15, 0.2) is 0 Å². The van der Waals surface area contributed by atoms with Crippen molar-refractivity contribution in [3.63, 3.8) is 0 Å². The Hall–Kier alpha value is -2.05. The van der Waals surface area contributed by atoms with Gasteiger partial charge in [0.25, 0.3) is 0 Å². The van der Waals surface area contributed by atoms with Gasteiger partial charge in [-0.3, -0.25) is 0 Å². The average molecular weight is 295 g/mol. The number of aliphatic hydroxyl groups excluding tert-OH is 1. The number of urea groups is 1. The Balaban J connectivity index is 2.09. The summed E-state index contributed by atoms with van der Waals surface area (Å²) in [5.74, 6) is 0. The lowest BCUT2D eigenvalue weighted by Gasteiger charge is -2.14. The van der Waals surface area contributed by atoms with Crippen LogP contribution in [0.3, 0.4) is 0 Å². The predicted octanol–water partition coefficient (Wildman–Crippen LogP) is 2.02. The number of hydrogen-bond donors (Lipinski definition) is 3. The van der Waals surface area contributed by atoms with E-state index in [0.29, 0.717) is 22.8 Å². The number of carbonyl (C=O) groups is 1. The lowest BCUT2D eigenvalue weighted by atomic mass is 10.1. The zero-order chi connectivity index (χ0) is 14.5. The lowest BCUT2D eigenvalue weighted by molar-refractivity contribution is 0.156. The van der Waals surface area contributed by atoms with Crippen LogP contribution in [0.25, 0.3) is 0 Å². The van der Waals surface area contributed by atoms with E-state index in [1.165, 1.54) is 7.05 Å². The van der Waals surface area contributed by atoms with Crippen LogP contribution >= 0.6 is 11.6 Å². The van der Waals surface area contributed by atoms with E-state index in [-0.39, 0.29) is 6.03 Å². The summed E-state index contributed by atoms with van der Waals surface area (Å²) in [7, 11) is 1.52. The van der Waals surface area contributed by atoms with Gasteiger partial charge in [-0.2, -0.15) is 0 Å². The molecule has 20 heavy (non-hydrogen) atoms. The molecule has 0 bridgehead atoms. The number of nitrogens with one attached hydrogen (secondary N) is 2. The van der Waals surface area contributed by atoms with Crippen molar-refractivity contribution in [3.05, 3.63) is 47.5 Å². The van der Waals surface area contributed by atoms with Crippen molar-refractivity contribution in [2.24, 2.45) is 0 Å². The highest BCUT2D eigenvalue weighted by atomic mass is 35.5. The summed E-state index contributed by atoms with van der Waals surface area (Å²) in [6.45, 7) is 0.387. The summed E-state index contributed by atoms with van der Waals surface area (Å²) in [6.07, 6.45) is 4.35. The quantitative estimate of drug-likeness (QED) is 0.807. The largest absolute Gasteiger partial charge is 0.387 e. The minimum absolute atomic E-state index is 0.349. The van der Waals surface area contributed by atoms with E-state index < -0.39 is 6.10 Å². The van der Waals surface area contributed by atoms with Gasteiger partial charge in [-0.1, -0.05) is 17.7 Å². The standard InChI is InChI=1S/C13H15ClN4O2/c1-15-13(20)17-11-3-2-9(6-10(11)14)12(19)7-18-5-4-16-8-18/h2-6,8,12,19H,7H2,1H3,(H2,15,17,20). The third-order valence-electron chi connectivity index (χ3n) is 2.80. The van der Waals surface area contributed by atoms with Gasteiger partial charge >= 0.3 is 6.03 Å². The molecule has 0 fully saturated rings. The molecule has 1 unspecified atom stereocenters. The maximum absolute atomic E-state index is 11.2. The predicted molar refractivity (Wildman–Crippen MR) is 76.7 cm³/mol. The Morgan fingerprint density at radius 2 is 2.35 bits per heavy atom. The Bertz CT molecular complexity index is 586. The fourth-order valence-electron chi connectivity index (χ4n) is 1.72. The van der Waals surface area contributed by atoms with Gasteiger partial charge in [0.1, 0.15) is 0 Å². The fraction of sp³-hybridized carbons (Fsp3) is 0.231. The molecule has 1 atom stereocenters. The molecule has 7 heteroatoms. The number of halogens is 1. The van der Waals surface area contributed by atoms with Crippen molar-refractivity contribution < 1.29 is 9.90 Å². The molecule has 0 radical (unpaired) electrons. The number of amides is 2. The van der Waals surface area contributed by atoms with E-state index in [1.54, 1.807) is 41.5 Å². The molecule has 0 spiro atoms. The van der Waals surface area contributed by atoms with Crippen molar-refractivity contribution in [3.8, 4) is 0 Å². The molecule has 0 aliphatic heterocycles. The second kappa shape index (κ2) is 6.40. The summed E-state index contributed by atoms with van der Waals surface area (Å²) in [5.41, 5.74) is 1.16. The minimum Gasteiger partial charge on any atom is -0.387 e. The van der Waals surface area contributed by atoms with Crippen LogP contribution in [-0.4, -0.2) is 27.7 Å². The minimum atomic E-state index is -0.698. The van der Waals surface area contributed by atoms with E-state index >= 15 is 0 Å². The monoisotopic (exact) mass is 294 g/mol. The molecule has 106 valence electrons. The number of hydrogen-bond acceptors (Lipinski definition) is 3. The Morgan fingerprint density at radius 3 is 2.95 bits per heavy atom. The smallest absolute Gasteiger partial charge is 0.319 e. The molecular formula is C13H15ClN4O2. The molecule has 0 saturated carbocycles. The molecule has 1 aromatic heterocycles. The highest BCUT2D eigenvalue weighted by Gasteiger charge is 2.11. The van der Waals surface area contributed by atoms with Crippen molar-refractivity contribution in [2.45, 2.75) is 12.6 Å². The van der Waals surface area contributed by atoms with Crippen molar-refractivity contribution in [1.82, 2.24) is 14.9 Å². The second-order valence-corrected chi connectivity index (χ2v) is 4.63. The number of anilines is 1. The van der Waals surface area contributed by atoms with E-state index in [0.717, 1.165) is 0 Å². The molecule has 6 nitrogen and oxygen atoms in total. The SMILES string of the molecule is CNC(=O)Nc1ccc(C(O)Cn2ccnc2)cc1Cl. The zero-order valence-electron chi connectivity index (χ0n) is 10.9. The number of carbonyl (C=O) groups excluding carboxylic acids is 1. The summed E-state index contributed by atoms with van der Waals surface area (Å²) >= 11 is 6.08. The molecular weight excluding hydrogens is 280 g/mol. The molecule has 3 N–H and O–H groups in total. The van der Waals surface area contributed by atoms with Crippen molar-refractivity contribution >= 4 is 23.3 Å². The van der Waals surface area contributed by atoms with E-state index in [9.17, 15) is 9.90 Å². The van der Waals surface area contributed by atoms with Crippen LogP contribution in [0.15, 0.2) is 36.9 Å². The zero-order valence-corrected chi connectivity index (χ0v) is 11.6. The van der Waals surface area contributed by atoms with Crippen molar-refractivity contribution in [2.75, 3.05) is 12.4 Å². The van der Waals surface area contributed by atoms with Crippen molar-refractivity contribution in [1.29, 1.82) is 0 Å². The van der Waals surface area contributed by atoms with Crippen LogP contribution in [0.5, 0.6) is 0 Å². The number of nitrogens with zero attached hydrogens (tertiary/aromatic N) is 2. The number of aromatic nitrogens is 2. The van der Waals surface area contributed by atoms with Gasteiger partial charge in [-0.25, -0.2) is 9.78 Å². The number of aliphatic hydroxyl groups is 1. The maximum atomic E-state index is 11.2. The number of imidazole rings is 1. The van der Waals surface area contributed by atoms with Gasteiger partial charge < -0.3 is 20.3 Å². The first-order valence-corrected chi connectivity index (χ1v) is 6.40. The summed E-state index contributed by atoms with van der Waals surface area (Å²) < 4.78 is 1.77. The molecule has 2 amide bonds. The first kappa shape index (κ1) is 14.4. The number of rotatable bonds is 4. The van der Waals surface area contributed by atoms with Gasteiger partial charge in [0.05, 0.1) is 29.7 Å². The number of benzene rings is 1. The third-order valence-corrected chi connectivity index (χ3v) is 3.11. The summed E-state index contributed by atoms with van der Waals surface area (Å²) in [5, 5.41) is 15.5. The first-order chi connectivity index (χ1) is 9.60. The van der Waals surface area contributed by atoms with E-state index in [4.69, 9.17) is 11.6 Å². The van der Waals surface area contributed by atoms with E-state index in [1.807, 2.05) is 0 Å². The molecule has 2 rings (SSSR count). The normalized spacial score (nSPS) is 11.9. The van der Waals surface area contributed by atoms with E-state index in [2.05, 4.69) is 15.6 Å². The topological polar surface area (TPSA) is 79.2 Å². The Morgan fingerprint density at radius 1 is 1.55 bits per heavy atom. The molecule has 1 aromatic carbocycles. The first-order valence-electron chi connectivity index (χ1n) is 6.02. The average Bonchev–Trinajstić information content (AvgIpc) is 2.93. The van der Waals surface area contributed by atoms with Crippen LogP contribution in [-0.2, 0) is 6.54 Å². The van der Waals surface area contributed by atoms with Gasteiger partial charge in [0, 0.05) is 19.4 Å². The van der Waals surface area contributed by atoms with Crippen LogP contribution in [0, 0.1) is 0 Å². The molecule has 0 saturated heterocycles. The summed E-state index contributed by atoms with van der Waals surface area (Å²) in [6, 6.07) is 4.66. The highest BCUT2D eigenvalue weighted by Crippen LogP contribution is 2.26. The second-order valence-electron chi connectivity index (χ2n) is 4.22. The van der Waals surface area contributed by atoms with Gasteiger partial charge in [-0.15, -0.1) is 0 Å². The lowest BCUT2D eigenvalue weighted by Crippen LogP contribution is -2.24. The van der Waals surface area contributed by atoms with Crippen LogP contribution in [0.2, 0.25) is 5.02 Å². The Labute approximate surface area is 121 Å². The van der Waals surface area contributed by atoms with Crippen LogP contribution < -0.4 is 10.6 Å². The fourth-order valence-corrected chi connectivity index (χ4v) is 1.96. The van der Waals surface area contributed by atoms with Crippen LogP contribution in [0.1, 0.15) is 11.7 Å². The summed E-state index contributed by atoms with van der Waals surface area (Å²) in [4.78, 5) is 15.1. The van der Waals surface area contributed by atoms with Crippen LogP contribution in [0.4, 0.5) is 10.5 Å². The Kier molecular flexibility index (Phi) is 4.60. The molecule has 1 heterocycles. The maximum Gasteiger partial charge on any atom is 0.319 e. The molecule has 2 aromatic rings. The van der Waals surface area contributed by atoms with Gasteiger partial charge in [0.2, 0.25) is 0 Å². The molecule has 0 aliphatic carbocycles. The van der Waals surface area contributed by atoms with Gasteiger partial charge in [-0.05, 0) is 17.7 Å².